The molecule has 3 rings (SSSR count). The van der Waals surface area contributed by atoms with Gasteiger partial charge < -0.3 is 4.74 Å². The van der Waals surface area contributed by atoms with Gasteiger partial charge >= 0.3 is 0 Å². The molecule has 0 spiro atoms. The first-order valence-electron chi connectivity index (χ1n) is 8.18. The number of hydrogen-bond acceptors (Lipinski definition) is 4. The molecule has 0 N–H and O–H groups in total. The zero-order valence-corrected chi connectivity index (χ0v) is 14.8. The van der Waals surface area contributed by atoms with Crippen LogP contribution in [0.3, 0.4) is 0 Å². The van der Waals surface area contributed by atoms with E-state index < -0.39 is 10.0 Å². The molecule has 1 aromatic heterocycles. The average Bonchev–Trinajstić information content (AvgIpc) is 3.16. The highest BCUT2D eigenvalue weighted by Gasteiger charge is 2.42. The van der Waals surface area contributed by atoms with Crippen LogP contribution < -0.4 is 0 Å². The average molecular weight is 349 g/mol. The quantitative estimate of drug-likeness (QED) is 0.798. The summed E-state index contributed by atoms with van der Waals surface area (Å²) in [4.78, 5) is 0.332. The van der Waals surface area contributed by atoms with Crippen molar-refractivity contribution in [1.82, 2.24) is 14.1 Å². The van der Waals surface area contributed by atoms with Crippen molar-refractivity contribution < 1.29 is 13.2 Å². The van der Waals surface area contributed by atoms with E-state index in [4.69, 9.17) is 4.74 Å². The third kappa shape index (κ3) is 3.38. The summed E-state index contributed by atoms with van der Waals surface area (Å²) in [6.45, 7) is 3.00. The van der Waals surface area contributed by atoms with Crippen molar-refractivity contribution in [3.8, 4) is 0 Å². The molecule has 2 aromatic rings. The van der Waals surface area contributed by atoms with Crippen LogP contribution in [0.5, 0.6) is 0 Å². The summed E-state index contributed by atoms with van der Waals surface area (Å²) in [5.74, 6) is 0. The van der Waals surface area contributed by atoms with Gasteiger partial charge in [-0.25, -0.2) is 8.42 Å². The summed E-state index contributed by atoms with van der Waals surface area (Å²) < 4.78 is 35.2. The fraction of sp³-hybridized carbons (Fsp3) is 0.471. The van der Waals surface area contributed by atoms with Gasteiger partial charge in [0.2, 0.25) is 10.0 Å². The molecule has 1 fully saturated rings. The molecule has 0 unspecified atom stereocenters. The Morgan fingerprint density at radius 1 is 1.29 bits per heavy atom. The van der Waals surface area contributed by atoms with Crippen LogP contribution in [0.1, 0.15) is 18.9 Å². The van der Waals surface area contributed by atoms with Gasteiger partial charge in [-0.3, -0.25) is 4.68 Å². The molecule has 130 valence electrons. The molecule has 0 bridgehead atoms. The second kappa shape index (κ2) is 7.04. The van der Waals surface area contributed by atoms with E-state index in [2.05, 4.69) is 5.10 Å². The van der Waals surface area contributed by atoms with Crippen molar-refractivity contribution in [2.24, 2.45) is 7.05 Å². The van der Waals surface area contributed by atoms with Crippen LogP contribution in [-0.2, 0) is 28.2 Å². The summed E-state index contributed by atoms with van der Waals surface area (Å²) in [6.07, 6.45) is 4.94. The number of aryl methyl sites for hydroxylation is 1. The van der Waals surface area contributed by atoms with Gasteiger partial charge in [-0.15, -0.1) is 0 Å². The summed E-state index contributed by atoms with van der Waals surface area (Å²) in [5.41, 5.74) is 1.02. The fourth-order valence-corrected chi connectivity index (χ4v) is 4.97. The van der Waals surface area contributed by atoms with E-state index in [0.29, 0.717) is 30.9 Å². The lowest BCUT2D eigenvalue weighted by molar-refractivity contribution is 0.0457. The van der Waals surface area contributed by atoms with E-state index in [1.165, 1.54) is 0 Å². The molecule has 1 aliphatic heterocycles. The highest BCUT2D eigenvalue weighted by Crippen LogP contribution is 2.30. The highest BCUT2D eigenvalue weighted by molar-refractivity contribution is 7.89. The third-order valence-electron chi connectivity index (χ3n) is 4.37. The van der Waals surface area contributed by atoms with Crippen LogP contribution in [0.15, 0.2) is 47.6 Å². The Labute approximate surface area is 143 Å². The van der Waals surface area contributed by atoms with Crippen LogP contribution in [0.2, 0.25) is 0 Å². The molecule has 0 saturated carbocycles. The first-order chi connectivity index (χ1) is 11.5. The monoisotopic (exact) mass is 349 g/mol. The third-order valence-corrected chi connectivity index (χ3v) is 6.31. The Kier molecular flexibility index (Phi) is 5.03. The highest BCUT2D eigenvalue weighted by atomic mass is 32.2. The number of nitrogens with zero attached hydrogens (tertiary/aromatic N) is 3. The van der Waals surface area contributed by atoms with Gasteiger partial charge in [-0.1, -0.05) is 18.2 Å². The molecule has 6 nitrogen and oxygen atoms in total. The van der Waals surface area contributed by atoms with E-state index in [9.17, 15) is 8.42 Å². The van der Waals surface area contributed by atoms with Crippen molar-refractivity contribution in [3.05, 3.63) is 48.3 Å². The minimum absolute atomic E-state index is 0.0892. The molecule has 24 heavy (non-hydrogen) atoms. The second-order valence-corrected chi connectivity index (χ2v) is 7.90. The molecule has 2 atom stereocenters. The van der Waals surface area contributed by atoms with Crippen molar-refractivity contribution in [2.45, 2.75) is 36.8 Å². The molecule has 1 saturated heterocycles. The molecular weight excluding hydrogens is 326 g/mol. The molecule has 1 aromatic carbocycles. The standard InChI is InChI=1S/C17H23N3O3S/c1-3-23-17-9-10-20(16(17)11-14-12-18-19(2)13-14)24(21,22)15-7-5-4-6-8-15/h4-8,12-13,16-17H,3,9-11H2,1-2H3/t16-,17-/m1/s1. The molecular formula is C17H23N3O3S. The molecule has 0 aliphatic carbocycles. The van der Waals surface area contributed by atoms with E-state index in [1.54, 1.807) is 39.4 Å². The Morgan fingerprint density at radius 3 is 2.67 bits per heavy atom. The number of ether oxygens (including phenoxy) is 1. The predicted molar refractivity (Wildman–Crippen MR) is 91.1 cm³/mol. The van der Waals surface area contributed by atoms with Crippen LogP contribution in [0.4, 0.5) is 0 Å². The first-order valence-corrected chi connectivity index (χ1v) is 9.62. The van der Waals surface area contributed by atoms with E-state index in [0.717, 1.165) is 5.56 Å². The van der Waals surface area contributed by atoms with Crippen molar-refractivity contribution in [1.29, 1.82) is 0 Å². The largest absolute Gasteiger partial charge is 0.377 e. The Balaban J connectivity index is 1.90. The Bertz CT molecular complexity index is 773. The smallest absolute Gasteiger partial charge is 0.243 e. The minimum atomic E-state index is -3.53. The van der Waals surface area contributed by atoms with Gasteiger partial charge in [-0.05, 0) is 37.5 Å². The van der Waals surface area contributed by atoms with Gasteiger partial charge in [-0.2, -0.15) is 9.40 Å². The number of aromatic nitrogens is 2. The van der Waals surface area contributed by atoms with Crippen molar-refractivity contribution >= 4 is 10.0 Å². The lowest BCUT2D eigenvalue weighted by Crippen LogP contribution is -2.41. The molecule has 2 heterocycles. The van der Waals surface area contributed by atoms with Crippen molar-refractivity contribution in [2.75, 3.05) is 13.2 Å². The number of sulfonamides is 1. The molecule has 0 radical (unpaired) electrons. The van der Waals surface area contributed by atoms with Crippen LogP contribution in [-0.4, -0.2) is 47.8 Å². The summed E-state index contributed by atoms with van der Waals surface area (Å²) in [5, 5.41) is 4.18. The minimum Gasteiger partial charge on any atom is -0.377 e. The van der Waals surface area contributed by atoms with E-state index in [-0.39, 0.29) is 12.1 Å². The Morgan fingerprint density at radius 2 is 2.04 bits per heavy atom. The molecule has 0 amide bonds. The van der Waals surface area contributed by atoms with Crippen molar-refractivity contribution in [3.63, 3.8) is 0 Å². The number of rotatable bonds is 6. The topological polar surface area (TPSA) is 64.4 Å². The number of hydrogen-bond donors (Lipinski definition) is 0. The summed E-state index contributed by atoms with van der Waals surface area (Å²) in [6, 6.07) is 8.39. The predicted octanol–water partition coefficient (Wildman–Crippen LogP) is 1.83. The summed E-state index contributed by atoms with van der Waals surface area (Å²) >= 11 is 0. The van der Waals surface area contributed by atoms with Crippen LogP contribution in [0.25, 0.3) is 0 Å². The maximum absolute atomic E-state index is 13.0. The van der Waals surface area contributed by atoms with Gasteiger partial charge in [0, 0.05) is 26.4 Å². The van der Waals surface area contributed by atoms with Gasteiger partial charge in [0.25, 0.3) is 0 Å². The van der Waals surface area contributed by atoms with Gasteiger partial charge in [0.15, 0.2) is 0 Å². The lowest BCUT2D eigenvalue weighted by atomic mass is 10.1. The van der Waals surface area contributed by atoms with Crippen LogP contribution in [0, 0.1) is 0 Å². The van der Waals surface area contributed by atoms with Crippen LogP contribution >= 0.6 is 0 Å². The maximum atomic E-state index is 13.0. The summed E-state index contributed by atoms with van der Waals surface area (Å²) in [7, 11) is -1.67. The molecule has 1 aliphatic rings. The lowest BCUT2D eigenvalue weighted by Gasteiger charge is -2.27. The van der Waals surface area contributed by atoms with Gasteiger partial charge in [0.1, 0.15) is 0 Å². The Hall–Kier alpha value is -1.70. The van der Waals surface area contributed by atoms with E-state index in [1.807, 2.05) is 26.2 Å². The zero-order valence-electron chi connectivity index (χ0n) is 14.0. The fourth-order valence-electron chi connectivity index (χ4n) is 3.28. The molecule has 7 heteroatoms. The van der Waals surface area contributed by atoms with E-state index >= 15 is 0 Å². The SMILES string of the molecule is CCO[C@@H]1CCN(S(=O)(=O)c2ccccc2)[C@@H]1Cc1cnn(C)c1. The number of benzene rings is 1. The second-order valence-electron chi connectivity index (χ2n) is 6.01. The first kappa shape index (κ1) is 17.1. The maximum Gasteiger partial charge on any atom is 0.243 e. The van der Waals surface area contributed by atoms with Gasteiger partial charge in [0.05, 0.1) is 23.2 Å². The zero-order chi connectivity index (χ0) is 17.2. The normalized spacial score (nSPS) is 22.1.